The van der Waals surface area contributed by atoms with Gasteiger partial charge in [0.05, 0.1) is 19.3 Å². The first-order chi connectivity index (χ1) is 8.54. The molecule has 0 bridgehead atoms. The van der Waals surface area contributed by atoms with Crippen LogP contribution in [0.15, 0.2) is 0 Å². The lowest BCUT2D eigenvalue weighted by molar-refractivity contribution is -0.124. The number of carbonyl (C=O) groups excluding carboxylic acids is 1. The van der Waals surface area contributed by atoms with Crippen molar-refractivity contribution in [3.63, 3.8) is 0 Å². The van der Waals surface area contributed by atoms with E-state index in [1.165, 1.54) is 0 Å². The van der Waals surface area contributed by atoms with E-state index in [0.717, 1.165) is 39.3 Å². The molecule has 1 aliphatic heterocycles. The molecule has 3 unspecified atom stereocenters. The number of ether oxygens (including phenoxy) is 1. The molecule has 0 aliphatic carbocycles. The largest absolute Gasteiger partial charge is 0.379 e. The van der Waals surface area contributed by atoms with Crippen molar-refractivity contribution in [2.45, 2.75) is 39.3 Å². The SMILES string of the molecule is CCC(C)C(N)C(=O)NC(C)CN1CCOCC1. The number of nitrogens with two attached hydrogens (primary N) is 1. The first-order valence-corrected chi connectivity index (χ1v) is 6.90. The molecule has 1 saturated heterocycles. The average molecular weight is 257 g/mol. The summed E-state index contributed by atoms with van der Waals surface area (Å²) in [5, 5.41) is 3.00. The number of hydrogen-bond donors (Lipinski definition) is 2. The van der Waals surface area contributed by atoms with Crippen LogP contribution < -0.4 is 11.1 Å². The number of rotatable bonds is 6. The van der Waals surface area contributed by atoms with E-state index in [1.54, 1.807) is 0 Å². The number of nitrogens with zero attached hydrogens (tertiary/aromatic N) is 1. The molecule has 1 aliphatic rings. The van der Waals surface area contributed by atoms with E-state index in [1.807, 2.05) is 13.8 Å². The van der Waals surface area contributed by atoms with Gasteiger partial charge in [-0.15, -0.1) is 0 Å². The summed E-state index contributed by atoms with van der Waals surface area (Å²) in [5.41, 5.74) is 5.91. The Balaban J connectivity index is 2.29. The van der Waals surface area contributed by atoms with Crippen LogP contribution in [0.5, 0.6) is 0 Å². The lowest BCUT2D eigenvalue weighted by Gasteiger charge is -2.30. The van der Waals surface area contributed by atoms with E-state index in [2.05, 4.69) is 17.1 Å². The fourth-order valence-electron chi connectivity index (χ4n) is 2.07. The van der Waals surface area contributed by atoms with Crippen LogP contribution in [0.25, 0.3) is 0 Å². The van der Waals surface area contributed by atoms with E-state index < -0.39 is 6.04 Å². The molecular weight excluding hydrogens is 230 g/mol. The third kappa shape index (κ3) is 4.92. The molecule has 5 nitrogen and oxygen atoms in total. The van der Waals surface area contributed by atoms with Crippen LogP contribution in [0, 0.1) is 5.92 Å². The number of carbonyl (C=O) groups is 1. The fourth-order valence-corrected chi connectivity index (χ4v) is 2.07. The number of morpholine rings is 1. The summed E-state index contributed by atoms with van der Waals surface area (Å²) in [7, 11) is 0. The van der Waals surface area contributed by atoms with Crippen molar-refractivity contribution in [1.29, 1.82) is 0 Å². The standard InChI is InChI=1S/C13H27N3O2/c1-4-10(2)12(14)13(17)15-11(3)9-16-5-7-18-8-6-16/h10-12H,4-9,14H2,1-3H3,(H,15,17). The average Bonchev–Trinajstić information content (AvgIpc) is 2.37. The van der Waals surface area contributed by atoms with Crippen LogP contribution in [-0.4, -0.2) is 55.7 Å². The van der Waals surface area contributed by atoms with E-state index >= 15 is 0 Å². The second kappa shape index (κ2) is 7.71. The monoisotopic (exact) mass is 257 g/mol. The van der Waals surface area contributed by atoms with E-state index in [-0.39, 0.29) is 17.9 Å². The Kier molecular flexibility index (Phi) is 6.60. The molecule has 0 aromatic rings. The molecule has 0 spiro atoms. The highest BCUT2D eigenvalue weighted by Gasteiger charge is 2.21. The van der Waals surface area contributed by atoms with Gasteiger partial charge in [-0.25, -0.2) is 0 Å². The Bertz CT molecular complexity index is 255. The van der Waals surface area contributed by atoms with E-state index in [0.29, 0.717) is 0 Å². The summed E-state index contributed by atoms with van der Waals surface area (Å²) >= 11 is 0. The summed E-state index contributed by atoms with van der Waals surface area (Å²) in [4.78, 5) is 14.2. The maximum Gasteiger partial charge on any atom is 0.237 e. The third-order valence-corrected chi connectivity index (χ3v) is 3.58. The maximum atomic E-state index is 11.9. The Morgan fingerprint density at radius 3 is 2.56 bits per heavy atom. The summed E-state index contributed by atoms with van der Waals surface area (Å²) in [6.07, 6.45) is 0.923. The zero-order valence-electron chi connectivity index (χ0n) is 11.8. The van der Waals surface area contributed by atoms with Crippen molar-refractivity contribution in [1.82, 2.24) is 10.2 Å². The summed E-state index contributed by atoms with van der Waals surface area (Å²) in [6.45, 7) is 10.4. The van der Waals surface area contributed by atoms with Crippen molar-refractivity contribution in [2.75, 3.05) is 32.8 Å². The van der Waals surface area contributed by atoms with Gasteiger partial charge in [0.15, 0.2) is 0 Å². The minimum atomic E-state index is -0.401. The Morgan fingerprint density at radius 1 is 1.39 bits per heavy atom. The van der Waals surface area contributed by atoms with Crippen LogP contribution in [0.4, 0.5) is 0 Å². The summed E-state index contributed by atoms with van der Waals surface area (Å²) in [5.74, 6) is 0.186. The maximum absolute atomic E-state index is 11.9. The van der Waals surface area contributed by atoms with Crippen molar-refractivity contribution in [3.8, 4) is 0 Å². The molecule has 1 amide bonds. The second-order valence-electron chi connectivity index (χ2n) is 5.23. The van der Waals surface area contributed by atoms with Crippen molar-refractivity contribution >= 4 is 5.91 Å². The zero-order chi connectivity index (χ0) is 13.5. The van der Waals surface area contributed by atoms with Crippen LogP contribution in [0.1, 0.15) is 27.2 Å². The quantitative estimate of drug-likeness (QED) is 0.713. The van der Waals surface area contributed by atoms with Crippen LogP contribution in [0.3, 0.4) is 0 Å². The highest BCUT2D eigenvalue weighted by atomic mass is 16.5. The molecule has 3 atom stereocenters. The molecule has 0 aromatic heterocycles. The van der Waals surface area contributed by atoms with Gasteiger partial charge in [0, 0.05) is 25.7 Å². The van der Waals surface area contributed by atoms with Crippen molar-refractivity contribution in [2.24, 2.45) is 11.7 Å². The first-order valence-electron chi connectivity index (χ1n) is 6.90. The van der Waals surface area contributed by atoms with E-state index in [4.69, 9.17) is 10.5 Å². The van der Waals surface area contributed by atoms with Crippen molar-refractivity contribution < 1.29 is 9.53 Å². The third-order valence-electron chi connectivity index (χ3n) is 3.58. The lowest BCUT2D eigenvalue weighted by atomic mass is 9.99. The topological polar surface area (TPSA) is 67.6 Å². The van der Waals surface area contributed by atoms with Gasteiger partial charge in [-0.3, -0.25) is 9.69 Å². The minimum absolute atomic E-state index is 0.0369. The molecule has 18 heavy (non-hydrogen) atoms. The van der Waals surface area contributed by atoms with E-state index in [9.17, 15) is 4.79 Å². The normalized spacial score (nSPS) is 22.2. The molecule has 5 heteroatoms. The van der Waals surface area contributed by atoms with Crippen LogP contribution in [-0.2, 0) is 9.53 Å². The van der Waals surface area contributed by atoms with Gasteiger partial charge in [-0.2, -0.15) is 0 Å². The second-order valence-corrected chi connectivity index (χ2v) is 5.23. The predicted molar refractivity (Wildman–Crippen MR) is 72.3 cm³/mol. The fraction of sp³-hybridized carbons (Fsp3) is 0.923. The van der Waals surface area contributed by atoms with Gasteiger partial charge in [0.25, 0.3) is 0 Å². The zero-order valence-corrected chi connectivity index (χ0v) is 11.8. The van der Waals surface area contributed by atoms with Gasteiger partial charge in [0.2, 0.25) is 5.91 Å². The van der Waals surface area contributed by atoms with Gasteiger partial charge in [-0.1, -0.05) is 20.3 Å². The molecule has 0 aromatic carbocycles. The van der Waals surface area contributed by atoms with Gasteiger partial charge >= 0.3 is 0 Å². The Hall–Kier alpha value is -0.650. The summed E-state index contributed by atoms with van der Waals surface area (Å²) in [6, 6.07) is -0.271. The molecular formula is C13H27N3O2. The highest BCUT2D eigenvalue weighted by molar-refractivity contribution is 5.82. The lowest BCUT2D eigenvalue weighted by Crippen LogP contribution is -2.51. The van der Waals surface area contributed by atoms with Crippen molar-refractivity contribution in [3.05, 3.63) is 0 Å². The first kappa shape index (κ1) is 15.4. The Morgan fingerprint density at radius 2 is 2.00 bits per heavy atom. The number of nitrogens with one attached hydrogen (secondary N) is 1. The van der Waals surface area contributed by atoms with Gasteiger partial charge in [0.1, 0.15) is 0 Å². The number of amides is 1. The molecule has 1 fully saturated rings. The predicted octanol–water partition coefficient (Wildman–Crippen LogP) is 0.197. The number of hydrogen-bond acceptors (Lipinski definition) is 4. The molecule has 3 N–H and O–H groups in total. The van der Waals surface area contributed by atoms with Crippen LogP contribution in [0.2, 0.25) is 0 Å². The summed E-state index contributed by atoms with van der Waals surface area (Å²) < 4.78 is 5.30. The highest BCUT2D eigenvalue weighted by Crippen LogP contribution is 2.06. The molecule has 106 valence electrons. The van der Waals surface area contributed by atoms with Gasteiger partial charge in [-0.05, 0) is 12.8 Å². The molecule has 1 rings (SSSR count). The van der Waals surface area contributed by atoms with Crippen LogP contribution >= 0.6 is 0 Å². The Labute approximate surface area is 110 Å². The van der Waals surface area contributed by atoms with Gasteiger partial charge < -0.3 is 15.8 Å². The molecule has 0 radical (unpaired) electrons. The minimum Gasteiger partial charge on any atom is -0.379 e. The molecule has 0 saturated carbocycles. The smallest absolute Gasteiger partial charge is 0.237 e. The molecule has 1 heterocycles.